The van der Waals surface area contributed by atoms with Crippen molar-refractivity contribution in [3.05, 3.63) is 29.8 Å². The number of primary amides is 1. The van der Waals surface area contributed by atoms with Gasteiger partial charge in [-0.05, 0) is 37.1 Å². The Morgan fingerprint density at radius 3 is 2.36 bits per heavy atom. The Hall–Kier alpha value is -3.14. The van der Waals surface area contributed by atoms with E-state index in [1.807, 2.05) is 0 Å². The molecule has 28 heavy (non-hydrogen) atoms. The first-order valence-electron chi connectivity index (χ1n) is 8.89. The van der Waals surface area contributed by atoms with E-state index in [0.717, 1.165) is 6.42 Å². The lowest BCUT2D eigenvalue weighted by atomic mass is 10.0. The second kappa shape index (κ2) is 9.70. The summed E-state index contributed by atoms with van der Waals surface area (Å²) in [6, 6.07) is 2.86. The van der Waals surface area contributed by atoms with Crippen LogP contribution < -0.4 is 21.7 Å². The van der Waals surface area contributed by atoms with E-state index >= 15 is 0 Å². The van der Waals surface area contributed by atoms with Crippen molar-refractivity contribution in [2.75, 3.05) is 6.54 Å². The number of nitrogens with one attached hydrogen (secondary N) is 3. The summed E-state index contributed by atoms with van der Waals surface area (Å²) in [7, 11) is 0. The number of phenolic OH excluding ortho intramolecular Hbond substituents is 1. The number of hydrogen-bond donors (Lipinski definition) is 6. The summed E-state index contributed by atoms with van der Waals surface area (Å²) in [6.07, 6.45) is 0.937. The van der Waals surface area contributed by atoms with Crippen LogP contribution in [0, 0.1) is 0 Å². The Bertz CT molecular complexity index is 730. The van der Waals surface area contributed by atoms with Crippen LogP contribution >= 0.6 is 0 Å². The van der Waals surface area contributed by atoms with Gasteiger partial charge < -0.3 is 31.9 Å². The van der Waals surface area contributed by atoms with Crippen molar-refractivity contribution >= 4 is 23.7 Å². The lowest BCUT2D eigenvalue weighted by Crippen LogP contribution is -2.55. The average molecular weight is 392 g/mol. The molecule has 1 aliphatic rings. The number of carboxylic acids is 1. The summed E-state index contributed by atoms with van der Waals surface area (Å²) in [5.41, 5.74) is 5.74. The molecule has 1 aliphatic heterocycles. The van der Waals surface area contributed by atoms with Crippen LogP contribution in [0.4, 0.5) is 0 Å². The average Bonchev–Trinajstić information content (AvgIpc) is 3.16. The van der Waals surface area contributed by atoms with Gasteiger partial charge in [-0.3, -0.25) is 14.4 Å². The van der Waals surface area contributed by atoms with Crippen molar-refractivity contribution in [2.45, 2.75) is 43.8 Å². The largest absolute Gasteiger partial charge is 0.508 e. The first-order chi connectivity index (χ1) is 13.3. The van der Waals surface area contributed by atoms with Gasteiger partial charge in [0.2, 0.25) is 17.7 Å². The van der Waals surface area contributed by atoms with E-state index in [0.29, 0.717) is 18.5 Å². The number of carbonyl (C=O) groups excluding carboxylic acids is 3. The van der Waals surface area contributed by atoms with Crippen molar-refractivity contribution in [2.24, 2.45) is 5.73 Å². The van der Waals surface area contributed by atoms with Gasteiger partial charge in [0, 0.05) is 6.42 Å². The molecule has 10 heteroatoms. The van der Waals surface area contributed by atoms with Crippen LogP contribution in [-0.4, -0.2) is 58.6 Å². The van der Waals surface area contributed by atoms with E-state index in [9.17, 15) is 29.4 Å². The molecule has 152 valence electrons. The van der Waals surface area contributed by atoms with Gasteiger partial charge in [-0.25, -0.2) is 4.79 Å². The van der Waals surface area contributed by atoms with Gasteiger partial charge in [-0.15, -0.1) is 0 Å². The maximum absolute atomic E-state index is 12.5. The van der Waals surface area contributed by atoms with Gasteiger partial charge in [-0.2, -0.15) is 0 Å². The minimum atomic E-state index is -1.28. The molecule has 1 saturated heterocycles. The second-order valence-electron chi connectivity index (χ2n) is 6.65. The zero-order valence-electron chi connectivity index (χ0n) is 15.2. The van der Waals surface area contributed by atoms with Crippen molar-refractivity contribution in [1.29, 1.82) is 0 Å². The van der Waals surface area contributed by atoms with E-state index in [-0.39, 0.29) is 12.2 Å². The molecule has 0 saturated carbocycles. The Balaban J connectivity index is 2.05. The van der Waals surface area contributed by atoms with Crippen LogP contribution in [0.1, 0.15) is 24.8 Å². The van der Waals surface area contributed by atoms with E-state index in [2.05, 4.69) is 16.0 Å². The highest BCUT2D eigenvalue weighted by Gasteiger charge is 2.30. The predicted molar refractivity (Wildman–Crippen MR) is 98.1 cm³/mol. The predicted octanol–water partition coefficient (Wildman–Crippen LogP) is -1.38. The van der Waals surface area contributed by atoms with Crippen LogP contribution in [-0.2, 0) is 25.6 Å². The van der Waals surface area contributed by atoms with Crippen LogP contribution in [0.15, 0.2) is 24.3 Å². The summed E-state index contributed by atoms with van der Waals surface area (Å²) < 4.78 is 0. The van der Waals surface area contributed by atoms with E-state index in [1.54, 1.807) is 0 Å². The number of carbonyl (C=O) groups is 4. The monoisotopic (exact) mass is 392 g/mol. The van der Waals surface area contributed by atoms with Gasteiger partial charge in [0.1, 0.15) is 17.8 Å². The first kappa shape index (κ1) is 21.2. The second-order valence-corrected chi connectivity index (χ2v) is 6.65. The molecular formula is C18H24N4O6. The molecule has 3 amide bonds. The summed E-state index contributed by atoms with van der Waals surface area (Å²) in [5.74, 6) is -3.29. The molecule has 0 radical (unpaired) electrons. The maximum atomic E-state index is 12.5. The fourth-order valence-corrected chi connectivity index (χ4v) is 2.93. The summed E-state index contributed by atoms with van der Waals surface area (Å²) in [5, 5.41) is 26.5. The summed E-state index contributed by atoms with van der Waals surface area (Å²) in [4.78, 5) is 47.6. The number of aliphatic carboxylic acids is 1. The molecule has 0 spiro atoms. The maximum Gasteiger partial charge on any atom is 0.326 e. The first-order valence-corrected chi connectivity index (χ1v) is 8.89. The van der Waals surface area contributed by atoms with Gasteiger partial charge in [0.15, 0.2) is 0 Å². The lowest BCUT2D eigenvalue weighted by molar-refractivity contribution is -0.142. The molecule has 7 N–H and O–H groups in total. The standard InChI is InChI=1S/C18H24N4O6/c19-15(24)9-13(21-16(25)12-2-1-7-20-12)17(26)22-14(18(27)28)8-10-3-5-11(23)6-4-10/h3-6,12-14,20,23H,1-2,7-9H2,(H2,19,24)(H,21,25)(H,22,26)(H,27,28). The van der Waals surface area contributed by atoms with E-state index < -0.39 is 48.2 Å². The third kappa shape index (κ3) is 6.23. The van der Waals surface area contributed by atoms with Crippen molar-refractivity contribution in [1.82, 2.24) is 16.0 Å². The van der Waals surface area contributed by atoms with E-state index in [1.165, 1.54) is 24.3 Å². The molecule has 1 heterocycles. The number of rotatable bonds is 9. The van der Waals surface area contributed by atoms with Gasteiger partial charge in [-0.1, -0.05) is 12.1 Å². The van der Waals surface area contributed by atoms with Crippen LogP contribution in [0.2, 0.25) is 0 Å². The fraction of sp³-hybridized carbons (Fsp3) is 0.444. The third-order valence-electron chi connectivity index (χ3n) is 4.41. The molecule has 3 unspecified atom stereocenters. The SMILES string of the molecule is NC(=O)CC(NC(=O)C1CCCN1)C(=O)NC(Cc1ccc(O)cc1)C(=O)O. The van der Waals surface area contributed by atoms with Crippen LogP contribution in [0.3, 0.4) is 0 Å². The number of phenols is 1. The quantitative estimate of drug-likeness (QED) is 0.300. The molecule has 0 aromatic heterocycles. The topological polar surface area (TPSA) is 171 Å². The highest BCUT2D eigenvalue weighted by molar-refractivity contribution is 5.94. The Labute approximate surface area is 161 Å². The number of carboxylic acid groups (broad SMARTS) is 1. The minimum Gasteiger partial charge on any atom is -0.508 e. The summed E-state index contributed by atoms with van der Waals surface area (Å²) in [6.45, 7) is 0.679. The van der Waals surface area contributed by atoms with Crippen LogP contribution in [0.25, 0.3) is 0 Å². The highest BCUT2D eigenvalue weighted by Crippen LogP contribution is 2.12. The Kier molecular flexibility index (Phi) is 7.33. The molecule has 0 bridgehead atoms. The molecule has 2 rings (SSSR count). The molecule has 1 aromatic carbocycles. The molecule has 3 atom stereocenters. The zero-order chi connectivity index (χ0) is 20.7. The molecule has 10 nitrogen and oxygen atoms in total. The third-order valence-corrected chi connectivity index (χ3v) is 4.41. The smallest absolute Gasteiger partial charge is 0.326 e. The number of aromatic hydroxyl groups is 1. The van der Waals surface area contributed by atoms with Crippen molar-refractivity contribution in [3.63, 3.8) is 0 Å². The molecular weight excluding hydrogens is 368 g/mol. The van der Waals surface area contributed by atoms with Crippen molar-refractivity contribution in [3.8, 4) is 5.75 Å². The number of amides is 3. The Morgan fingerprint density at radius 1 is 1.14 bits per heavy atom. The Morgan fingerprint density at radius 2 is 1.82 bits per heavy atom. The summed E-state index contributed by atoms with van der Waals surface area (Å²) >= 11 is 0. The van der Waals surface area contributed by atoms with Crippen molar-refractivity contribution < 1.29 is 29.4 Å². The number of hydrogen-bond acceptors (Lipinski definition) is 6. The van der Waals surface area contributed by atoms with Crippen LogP contribution in [0.5, 0.6) is 5.75 Å². The lowest BCUT2D eigenvalue weighted by Gasteiger charge is -2.22. The van der Waals surface area contributed by atoms with E-state index in [4.69, 9.17) is 5.73 Å². The molecule has 1 fully saturated rings. The number of benzene rings is 1. The van der Waals surface area contributed by atoms with Gasteiger partial charge in [0.05, 0.1) is 12.5 Å². The molecule has 0 aliphatic carbocycles. The minimum absolute atomic E-state index is 0.0319. The number of nitrogens with two attached hydrogens (primary N) is 1. The normalized spacial score (nSPS) is 18.1. The zero-order valence-corrected chi connectivity index (χ0v) is 15.2. The highest BCUT2D eigenvalue weighted by atomic mass is 16.4. The van der Waals surface area contributed by atoms with Gasteiger partial charge >= 0.3 is 5.97 Å². The fourth-order valence-electron chi connectivity index (χ4n) is 2.93. The molecule has 1 aromatic rings. The van der Waals surface area contributed by atoms with Gasteiger partial charge in [0.25, 0.3) is 0 Å².